The molecule has 5 heteroatoms. The molecule has 0 aromatic carbocycles. The summed E-state index contributed by atoms with van der Waals surface area (Å²) in [5.41, 5.74) is -0.392. The molecule has 18 heavy (non-hydrogen) atoms. The Hall–Kier alpha value is -0.480. The molecule has 0 aromatic heterocycles. The van der Waals surface area contributed by atoms with Crippen molar-refractivity contribution in [2.75, 3.05) is 19.6 Å². The van der Waals surface area contributed by atoms with E-state index < -0.39 is 5.60 Å². The maximum absolute atomic E-state index is 12.2. The first-order chi connectivity index (χ1) is 7.97. The number of hydrogen-bond acceptors (Lipinski definition) is 3. The van der Waals surface area contributed by atoms with Gasteiger partial charge in [-0.1, -0.05) is 0 Å². The third-order valence-electron chi connectivity index (χ3n) is 3.57. The Bertz CT molecular complexity index is 289. The van der Waals surface area contributed by atoms with Gasteiger partial charge in [-0.2, -0.15) is 0 Å². The zero-order valence-corrected chi connectivity index (χ0v) is 12.4. The number of halogens is 1. The van der Waals surface area contributed by atoms with E-state index in [4.69, 9.17) is 4.74 Å². The lowest BCUT2D eigenvalue weighted by molar-refractivity contribution is -0.00497. The van der Waals surface area contributed by atoms with Crippen LogP contribution in [0.2, 0.25) is 0 Å². The quantitative estimate of drug-likeness (QED) is 0.739. The highest BCUT2D eigenvalue weighted by atomic mass is 35.5. The lowest BCUT2D eigenvalue weighted by Crippen LogP contribution is -2.55. The minimum absolute atomic E-state index is 0. The minimum Gasteiger partial charge on any atom is -0.444 e. The van der Waals surface area contributed by atoms with Gasteiger partial charge in [0.1, 0.15) is 5.60 Å². The second kappa shape index (κ2) is 6.11. The maximum Gasteiger partial charge on any atom is 0.410 e. The first-order valence-electron chi connectivity index (χ1n) is 6.68. The van der Waals surface area contributed by atoms with Gasteiger partial charge in [0.25, 0.3) is 0 Å². The van der Waals surface area contributed by atoms with Crippen molar-refractivity contribution >= 4 is 18.5 Å². The van der Waals surface area contributed by atoms with E-state index in [1.807, 2.05) is 25.7 Å². The fourth-order valence-corrected chi connectivity index (χ4v) is 2.85. The standard InChI is InChI=1S/C13H24N2O2.ClH/c1-13(2,3)17-12(16)15-8-4-5-10-9-14-7-6-11(10)15;/h10-11,14H,4-9H2,1-3H3;1H/t10-,11+;/m1./s1. The Morgan fingerprint density at radius 1 is 1.33 bits per heavy atom. The van der Waals surface area contributed by atoms with Crippen molar-refractivity contribution in [1.82, 2.24) is 10.2 Å². The van der Waals surface area contributed by atoms with E-state index in [0.717, 1.165) is 32.5 Å². The van der Waals surface area contributed by atoms with E-state index in [2.05, 4.69) is 5.32 Å². The molecule has 4 nitrogen and oxygen atoms in total. The molecule has 106 valence electrons. The molecule has 0 spiro atoms. The van der Waals surface area contributed by atoms with Gasteiger partial charge in [0.15, 0.2) is 0 Å². The number of ether oxygens (including phenoxy) is 1. The van der Waals surface area contributed by atoms with Gasteiger partial charge in [-0.3, -0.25) is 0 Å². The van der Waals surface area contributed by atoms with Crippen LogP contribution >= 0.6 is 12.4 Å². The molecule has 0 bridgehead atoms. The second-order valence-corrected chi connectivity index (χ2v) is 6.14. The van der Waals surface area contributed by atoms with Gasteiger partial charge in [0.05, 0.1) is 0 Å². The van der Waals surface area contributed by atoms with Crippen LogP contribution in [0.4, 0.5) is 4.79 Å². The van der Waals surface area contributed by atoms with Gasteiger partial charge in [-0.05, 0) is 59.0 Å². The highest BCUT2D eigenvalue weighted by Gasteiger charge is 2.37. The largest absolute Gasteiger partial charge is 0.444 e. The SMILES string of the molecule is CC(C)(C)OC(=O)N1CCC[C@@H]2CNCC[C@@H]21.Cl. The molecule has 1 amide bonds. The summed E-state index contributed by atoms with van der Waals surface area (Å²) in [6, 6.07) is 0.389. The van der Waals surface area contributed by atoms with E-state index in [1.54, 1.807) is 0 Å². The lowest BCUT2D eigenvalue weighted by Gasteiger charge is -2.44. The van der Waals surface area contributed by atoms with Crippen LogP contribution in [-0.4, -0.2) is 42.3 Å². The van der Waals surface area contributed by atoms with Crippen LogP contribution in [0.25, 0.3) is 0 Å². The summed E-state index contributed by atoms with van der Waals surface area (Å²) in [5, 5.41) is 3.41. The number of carbonyl (C=O) groups is 1. The average Bonchev–Trinajstić information content (AvgIpc) is 2.26. The minimum atomic E-state index is -0.392. The molecular formula is C13H25ClN2O2. The van der Waals surface area contributed by atoms with Gasteiger partial charge in [0.2, 0.25) is 0 Å². The van der Waals surface area contributed by atoms with Crippen LogP contribution in [0.5, 0.6) is 0 Å². The van der Waals surface area contributed by atoms with E-state index in [0.29, 0.717) is 12.0 Å². The van der Waals surface area contributed by atoms with Gasteiger partial charge in [-0.25, -0.2) is 4.79 Å². The molecule has 0 aliphatic carbocycles. The zero-order chi connectivity index (χ0) is 12.5. The number of fused-ring (bicyclic) bond motifs is 1. The molecule has 2 fully saturated rings. The summed E-state index contributed by atoms with van der Waals surface area (Å²) in [4.78, 5) is 14.1. The Morgan fingerprint density at radius 2 is 2.06 bits per heavy atom. The predicted molar refractivity (Wildman–Crippen MR) is 74.2 cm³/mol. The number of piperidine rings is 2. The molecule has 2 aliphatic rings. The Balaban J connectivity index is 0.00000162. The summed E-state index contributed by atoms with van der Waals surface area (Å²) in [5.74, 6) is 0.616. The maximum atomic E-state index is 12.2. The van der Waals surface area contributed by atoms with E-state index >= 15 is 0 Å². The summed E-state index contributed by atoms with van der Waals surface area (Å²) >= 11 is 0. The molecule has 1 N–H and O–H groups in total. The number of likely N-dealkylation sites (tertiary alicyclic amines) is 1. The molecule has 0 saturated carbocycles. The van der Waals surface area contributed by atoms with Crippen LogP contribution in [-0.2, 0) is 4.74 Å². The molecule has 2 aliphatic heterocycles. The normalized spacial score (nSPS) is 28.1. The fourth-order valence-electron chi connectivity index (χ4n) is 2.85. The monoisotopic (exact) mass is 276 g/mol. The van der Waals surface area contributed by atoms with Crippen LogP contribution in [0.15, 0.2) is 0 Å². The lowest BCUT2D eigenvalue weighted by atomic mass is 9.85. The number of hydrogen-bond donors (Lipinski definition) is 1. The van der Waals surface area contributed by atoms with Crippen LogP contribution in [0, 0.1) is 5.92 Å². The Kier molecular flexibility index (Phi) is 5.29. The predicted octanol–water partition coefficient (Wildman–Crippen LogP) is 2.42. The van der Waals surface area contributed by atoms with E-state index in [-0.39, 0.29) is 18.5 Å². The third kappa shape index (κ3) is 3.75. The molecule has 0 radical (unpaired) electrons. The molecule has 2 rings (SSSR count). The van der Waals surface area contributed by atoms with Crippen molar-refractivity contribution in [2.24, 2.45) is 5.92 Å². The zero-order valence-electron chi connectivity index (χ0n) is 11.6. The first kappa shape index (κ1) is 15.6. The van der Waals surface area contributed by atoms with E-state index in [1.165, 1.54) is 6.42 Å². The van der Waals surface area contributed by atoms with Crippen molar-refractivity contribution in [1.29, 1.82) is 0 Å². The third-order valence-corrected chi connectivity index (χ3v) is 3.57. The number of nitrogens with zero attached hydrogens (tertiary/aromatic N) is 1. The summed E-state index contributed by atoms with van der Waals surface area (Å²) < 4.78 is 5.49. The number of nitrogens with one attached hydrogen (secondary N) is 1. The number of rotatable bonds is 0. The molecule has 0 unspecified atom stereocenters. The second-order valence-electron chi connectivity index (χ2n) is 6.14. The van der Waals surface area contributed by atoms with Crippen LogP contribution < -0.4 is 5.32 Å². The Labute approximate surface area is 116 Å². The molecule has 2 heterocycles. The smallest absolute Gasteiger partial charge is 0.410 e. The molecule has 2 saturated heterocycles. The van der Waals surface area contributed by atoms with Crippen molar-refractivity contribution in [3.8, 4) is 0 Å². The highest BCUT2D eigenvalue weighted by Crippen LogP contribution is 2.28. The Morgan fingerprint density at radius 3 is 2.72 bits per heavy atom. The van der Waals surface area contributed by atoms with Gasteiger partial charge in [0, 0.05) is 12.6 Å². The van der Waals surface area contributed by atoms with Crippen LogP contribution in [0.1, 0.15) is 40.0 Å². The summed E-state index contributed by atoms with van der Waals surface area (Å²) in [7, 11) is 0. The summed E-state index contributed by atoms with van der Waals surface area (Å²) in [6.45, 7) is 8.69. The fraction of sp³-hybridized carbons (Fsp3) is 0.923. The van der Waals surface area contributed by atoms with Crippen LogP contribution in [0.3, 0.4) is 0 Å². The van der Waals surface area contributed by atoms with Gasteiger partial charge < -0.3 is 15.0 Å². The molecule has 0 aromatic rings. The van der Waals surface area contributed by atoms with Crippen molar-refractivity contribution < 1.29 is 9.53 Å². The molecule has 2 atom stereocenters. The average molecular weight is 277 g/mol. The number of amides is 1. The van der Waals surface area contributed by atoms with E-state index in [9.17, 15) is 4.79 Å². The van der Waals surface area contributed by atoms with Gasteiger partial charge >= 0.3 is 6.09 Å². The van der Waals surface area contributed by atoms with Crippen molar-refractivity contribution in [2.45, 2.75) is 51.7 Å². The number of carbonyl (C=O) groups excluding carboxylic acids is 1. The van der Waals surface area contributed by atoms with Gasteiger partial charge in [-0.15, -0.1) is 12.4 Å². The molecular weight excluding hydrogens is 252 g/mol. The van der Waals surface area contributed by atoms with Crippen molar-refractivity contribution in [3.05, 3.63) is 0 Å². The first-order valence-corrected chi connectivity index (χ1v) is 6.68. The topological polar surface area (TPSA) is 41.6 Å². The summed E-state index contributed by atoms with van der Waals surface area (Å²) in [6.07, 6.45) is 3.26. The van der Waals surface area contributed by atoms with Crippen molar-refractivity contribution in [3.63, 3.8) is 0 Å². The highest BCUT2D eigenvalue weighted by molar-refractivity contribution is 5.85.